The molecule has 0 saturated carbocycles. The van der Waals surface area contributed by atoms with Crippen molar-refractivity contribution in [2.75, 3.05) is 19.7 Å². The normalized spacial score (nSPS) is 11.1. The second-order valence-electron chi connectivity index (χ2n) is 7.43. The predicted octanol–water partition coefficient (Wildman–Crippen LogP) is 3.73. The molecule has 2 rings (SSSR count). The molecular formula is C27H29N3O5. The molecule has 2 aromatic rings. The molecule has 0 heterocycles. The van der Waals surface area contributed by atoms with Crippen molar-refractivity contribution in [1.82, 2.24) is 4.90 Å². The van der Waals surface area contributed by atoms with Crippen molar-refractivity contribution in [2.45, 2.75) is 13.8 Å². The van der Waals surface area contributed by atoms with Gasteiger partial charge in [0.2, 0.25) is 5.91 Å². The Morgan fingerprint density at radius 3 is 2.23 bits per heavy atom. The van der Waals surface area contributed by atoms with Gasteiger partial charge in [0.25, 0.3) is 0 Å². The minimum Gasteiger partial charge on any atom is -0.463 e. The maximum atomic E-state index is 12.8. The molecule has 0 spiro atoms. The van der Waals surface area contributed by atoms with Gasteiger partial charge >= 0.3 is 11.9 Å². The number of nitrogen functional groups attached to an aromatic ring is 1. The highest BCUT2D eigenvalue weighted by Crippen LogP contribution is 2.16. The van der Waals surface area contributed by atoms with E-state index < -0.39 is 11.9 Å². The van der Waals surface area contributed by atoms with E-state index in [1.54, 1.807) is 80.6 Å². The highest BCUT2D eigenvalue weighted by Gasteiger charge is 2.14. The number of amides is 1. The van der Waals surface area contributed by atoms with Crippen LogP contribution in [0.25, 0.3) is 6.08 Å². The van der Waals surface area contributed by atoms with Crippen LogP contribution in [0.3, 0.4) is 0 Å². The average Bonchev–Trinajstić information content (AvgIpc) is 2.84. The maximum absolute atomic E-state index is 12.8. The topological polar surface area (TPSA) is 123 Å². The summed E-state index contributed by atoms with van der Waals surface area (Å²) in [6.07, 6.45) is 6.18. The molecule has 0 aromatic heterocycles. The van der Waals surface area contributed by atoms with Gasteiger partial charge in [-0.25, -0.2) is 9.59 Å². The number of benzene rings is 2. The minimum atomic E-state index is -0.533. The Kier molecular flexibility index (Phi) is 10.2. The summed E-state index contributed by atoms with van der Waals surface area (Å²) >= 11 is 0. The first-order valence-electron chi connectivity index (χ1n) is 10.9. The summed E-state index contributed by atoms with van der Waals surface area (Å²) in [6, 6.07) is 13.0. The lowest BCUT2D eigenvalue weighted by atomic mass is 10.1. The van der Waals surface area contributed by atoms with Crippen LogP contribution in [-0.4, -0.2) is 48.3 Å². The first-order chi connectivity index (χ1) is 16.7. The number of amidine groups is 1. The fraction of sp³-hybridized carbons (Fsp3) is 0.185. The van der Waals surface area contributed by atoms with Crippen molar-refractivity contribution in [1.29, 1.82) is 5.41 Å². The average molecular weight is 476 g/mol. The zero-order valence-corrected chi connectivity index (χ0v) is 19.8. The number of rotatable bonds is 11. The molecular weight excluding hydrogens is 446 g/mol. The Balaban J connectivity index is 2.04. The van der Waals surface area contributed by atoms with Gasteiger partial charge in [-0.05, 0) is 61.9 Å². The van der Waals surface area contributed by atoms with Crippen molar-refractivity contribution in [3.63, 3.8) is 0 Å². The number of nitrogens with one attached hydrogen (secondary N) is 1. The van der Waals surface area contributed by atoms with Crippen molar-refractivity contribution in [3.8, 4) is 5.75 Å². The first-order valence-corrected chi connectivity index (χ1v) is 10.9. The molecule has 1 amide bonds. The van der Waals surface area contributed by atoms with E-state index in [1.165, 1.54) is 11.0 Å². The molecule has 0 fully saturated rings. The molecule has 2 aromatic carbocycles. The lowest BCUT2D eigenvalue weighted by Gasteiger charge is -2.19. The smallest absolute Gasteiger partial charge is 0.343 e. The van der Waals surface area contributed by atoms with Gasteiger partial charge in [0, 0.05) is 30.3 Å². The lowest BCUT2D eigenvalue weighted by Crippen LogP contribution is -2.32. The Bertz CT molecular complexity index is 1130. The van der Waals surface area contributed by atoms with Crippen LogP contribution in [0.2, 0.25) is 0 Å². The monoisotopic (exact) mass is 475 g/mol. The summed E-state index contributed by atoms with van der Waals surface area (Å²) in [5, 5.41) is 7.40. The third kappa shape index (κ3) is 8.43. The zero-order valence-electron chi connectivity index (χ0n) is 19.8. The molecule has 8 heteroatoms. The summed E-state index contributed by atoms with van der Waals surface area (Å²) in [6.45, 7) is 7.92. The maximum Gasteiger partial charge on any atom is 0.343 e. The molecule has 0 radical (unpaired) electrons. The van der Waals surface area contributed by atoms with Gasteiger partial charge < -0.3 is 20.1 Å². The van der Waals surface area contributed by atoms with Crippen molar-refractivity contribution >= 4 is 29.8 Å². The van der Waals surface area contributed by atoms with Crippen LogP contribution in [0.1, 0.15) is 35.3 Å². The molecule has 0 bridgehead atoms. The summed E-state index contributed by atoms with van der Waals surface area (Å²) in [5.74, 6) is -0.936. The minimum absolute atomic E-state index is 0.0685. The number of carbonyl (C=O) groups excluding carboxylic acids is 3. The molecule has 182 valence electrons. The van der Waals surface area contributed by atoms with Crippen LogP contribution in [-0.2, 0) is 14.3 Å². The molecule has 0 aliphatic heterocycles. The van der Waals surface area contributed by atoms with Crippen molar-refractivity contribution < 1.29 is 23.9 Å². The molecule has 0 saturated heterocycles. The molecule has 0 atom stereocenters. The SMILES string of the molecule is C=CCN(CC=CC(=O)OCC)C(=O)C(C)=Cc1ccc(C(=O)Oc2ccc(C(=N)N)cc2)cc1. The van der Waals surface area contributed by atoms with E-state index in [0.717, 1.165) is 5.56 Å². The molecule has 3 N–H and O–H groups in total. The third-order valence-electron chi connectivity index (χ3n) is 4.75. The molecule has 35 heavy (non-hydrogen) atoms. The number of nitrogens with zero attached hydrogens (tertiary/aromatic N) is 1. The summed E-state index contributed by atoms with van der Waals surface area (Å²) < 4.78 is 10.2. The number of ether oxygens (including phenoxy) is 2. The summed E-state index contributed by atoms with van der Waals surface area (Å²) in [5.41, 5.74) is 7.52. The van der Waals surface area contributed by atoms with E-state index in [2.05, 4.69) is 6.58 Å². The first kappa shape index (κ1) is 26.8. The highest BCUT2D eigenvalue weighted by atomic mass is 16.5. The van der Waals surface area contributed by atoms with Gasteiger partial charge in [0.05, 0.1) is 12.2 Å². The second kappa shape index (κ2) is 13.3. The van der Waals surface area contributed by atoms with E-state index in [4.69, 9.17) is 20.6 Å². The Hall–Kier alpha value is -4.46. The van der Waals surface area contributed by atoms with Crippen LogP contribution < -0.4 is 10.5 Å². The van der Waals surface area contributed by atoms with Crippen LogP contribution in [0, 0.1) is 5.41 Å². The predicted molar refractivity (Wildman–Crippen MR) is 135 cm³/mol. The van der Waals surface area contributed by atoms with Crippen LogP contribution >= 0.6 is 0 Å². The summed E-state index contributed by atoms with van der Waals surface area (Å²) in [4.78, 5) is 38.3. The van der Waals surface area contributed by atoms with Gasteiger partial charge in [-0.2, -0.15) is 0 Å². The Morgan fingerprint density at radius 2 is 1.66 bits per heavy atom. The van der Waals surface area contributed by atoms with E-state index in [0.29, 0.717) is 29.0 Å². The number of hydrogen-bond acceptors (Lipinski definition) is 6. The van der Waals surface area contributed by atoms with Gasteiger partial charge in [-0.15, -0.1) is 6.58 Å². The van der Waals surface area contributed by atoms with E-state index in [1.807, 2.05) is 0 Å². The van der Waals surface area contributed by atoms with Gasteiger partial charge in [-0.1, -0.05) is 24.3 Å². The van der Waals surface area contributed by atoms with E-state index in [-0.39, 0.29) is 24.9 Å². The third-order valence-corrected chi connectivity index (χ3v) is 4.75. The largest absolute Gasteiger partial charge is 0.463 e. The van der Waals surface area contributed by atoms with Crippen molar-refractivity contribution in [3.05, 3.63) is 95.6 Å². The molecule has 0 unspecified atom stereocenters. The van der Waals surface area contributed by atoms with Gasteiger partial charge in [0.1, 0.15) is 11.6 Å². The number of esters is 2. The number of nitrogens with two attached hydrogens (primary N) is 1. The molecule has 8 nitrogen and oxygen atoms in total. The number of carbonyl (C=O) groups is 3. The van der Waals surface area contributed by atoms with Gasteiger partial charge in [-0.3, -0.25) is 10.2 Å². The molecule has 0 aliphatic rings. The van der Waals surface area contributed by atoms with E-state index >= 15 is 0 Å². The van der Waals surface area contributed by atoms with Crippen molar-refractivity contribution in [2.24, 2.45) is 5.73 Å². The quantitative estimate of drug-likeness (QED) is 0.128. The van der Waals surface area contributed by atoms with Crippen LogP contribution in [0.5, 0.6) is 5.75 Å². The standard InChI is InChI=1S/C27H29N3O5/c1-4-16-30(17-6-7-24(31)34-5-2)26(32)19(3)18-20-8-10-22(11-9-20)27(33)35-23-14-12-21(13-15-23)25(28)29/h4,6-15,18H,1,5,16-17H2,2-3H3,(H3,28,29). The number of hydrogen-bond donors (Lipinski definition) is 2. The Labute approximate surface area is 204 Å². The highest BCUT2D eigenvalue weighted by molar-refractivity contribution is 5.98. The Morgan fingerprint density at radius 1 is 1.03 bits per heavy atom. The summed E-state index contributed by atoms with van der Waals surface area (Å²) in [7, 11) is 0. The van der Waals surface area contributed by atoms with Gasteiger partial charge in [0.15, 0.2) is 0 Å². The molecule has 0 aliphatic carbocycles. The van der Waals surface area contributed by atoms with Crippen LogP contribution in [0.15, 0.2) is 78.9 Å². The lowest BCUT2D eigenvalue weighted by molar-refractivity contribution is -0.137. The van der Waals surface area contributed by atoms with E-state index in [9.17, 15) is 14.4 Å². The fourth-order valence-electron chi connectivity index (χ4n) is 3.01. The van der Waals surface area contributed by atoms with Crippen LogP contribution in [0.4, 0.5) is 0 Å². The zero-order chi connectivity index (χ0) is 25.8. The fourth-order valence-corrected chi connectivity index (χ4v) is 3.01. The second-order valence-corrected chi connectivity index (χ2v) is 7.43.